The molecule has 3 fully saturated rings. The van der Waals surface area contributed by atoms with E-state index in [1.54, 1.807) is 6.08 Å². The van der Waals surface area contributed by atoms with Gasteiger partial charge in [-0.2, -0.15) is 0 Å². The summed E-state index contributed by atoms with van der Waals surface area (Å²) in [6.07, 6.45) is 13.1. The predicted molar refractivity (Wildman–Crippen MR) is 104 cm³/mol. The van der Waals surface area contributed by atoms with Crippen molar-refractivity contribution in [2.24, 2.45) is 22.7 Å². The van der Waals surface area contributed by atoms with Crippen LogP contribution in [0.3, 0.4) is 0 Å². The summed E-state index contributed by atoms with van der Waals surface area (Å²) in [6.45, 7) is 14.0. The van der Waals surface area contributed by atoms with Crippen molar-refractivity contribution in [1.82, 2.24) is 0 Å². The molecule has 0 aromatic heterocycles. The second-order valence-electron chi connectivity index (χ2n) is 10.4. The Morgan fingerprint density at radius 2 is 1.68 bits per heavy atom. The Balaban J connectivity index is 1.85. The molecule has 142 valence electrons. The minimum atomic E-state index is -0.288. The smallest absolute Gasteiger partial charge is 0.155 e. The third kappa shape index (κ3) is 3.24. The van der Waals surface area contributed by atoms with Crippen molar-refractivity contribution in [3.8, 4) is 0 Å². The molecule has 0 unspecified atom stereocenters. The maximum absolute atomic E-state index is 11.7. The van der Waals surface area contributed by atoms with Crippen LogP contribution in [0.15, 0.2) is 12.2 Å². The SMILES string of the molecule is CCC(=O)/C=C/[C@@]1(C)CC[C@@H]2[C@@]3(C)CCCC(C)(C)[C@@H]3CC[C@@]2(C)O1. The van der Waals surface area contributed by atoms with Crippen LogP contribution in [0.1, 0.15) is 92.9 Å². The molecule has 0 radical (unpaired) electrons. The molecule has 0 aromatic carbocycles. The normalized spacial score (nSPS) is 46.5. The molecule has 2 heteroatoms. The van der Waals surface area contributed by atoms with Gasteiger partial charge in [0.25, 0.3) is 0 Å². The number of ether oxygens (including phenoxy) is 1. The van der Waals surface area contributed by atoms with Crippen LogP contribution < -0.4 is 0 Å². The van der Waals surface area contributed by atoms with Crippen molar-refractivity contribution in [3.05, 3.63) is 12.2 Å². The molecular weight excluding hydrogens is 308 g/mol. The first-order chi connectivity index (χ1) is 11.5. The highest BCUT2D eigenvalue weighted by Crippen LogP contribution is 2.65. The summed E-state index contributed by atoms with van der Waals surface area (Å²) in [5.74, 6) is 1.65. The first kappa shape index (κ1) is 19.1. The summed E-state index contributed by atoms with van der Waals surface area (Å²) in [4.78, 5) is 11.7. The zero-order valence-corrected chi connectivity index (χ0v) is 17.3. The van der Waals surface area contributed by atoms with Crippen molar-refractivity contribution in [1.29, 1.82) is 0 Å². The molecule has 2 nitrogen and oxygen atoms in total. The van der Waals surface area contributed by atoms with E-state index in [-0.39, 0.29) is 17.0 Å². The van der Waals surface area contributed by atoms with Gasteiger partial charge in [0.15, 0.2) is 5.78 Å². The van der Waals surface area contributed by atoms with E-state index in [1.165, 1.54) is 32.1 Å². The molecule has 0 aromatic rings. The quantitative estimate of drug-likeness (QED) is 0.578. The van der Waals surface area contributed by atoms with Gasteiger partial charge in [0, 0.05) is 6.42 Å². The van der Waals surface area contributed by atoms with Gasteiger partial charge >= 0.3 is 0 Å². The van der Waals surface area contributed by atoms with E-state index in [9.17, 15) is 4.79 Å². The Bertz CT molecular complexity index is 562. The van der Waals surface area contributed by atoms with Crippen molar-refractivity contribution in [3.63, 3.8) is 0 Å². The molecule has 5 atom stereocenters. The number of ketones is 1. The van der Waals surface area contributed by atoms with Gasteiger partial charge in [0.2, 0.25) is 0 Å². The highest BCUT2D eigenvalue weighted by atomic mass is 16.5. The Morgan fingerprint density at radius 3 is 2.36 bits per heavy atom. The Kier molecular flexibility index (Phi) is 4.76. The second kappa shape index (κ2) is 6.22. The van der Waals surface area contributed by atoms with E-state index in [4.69, 9.17) is 4.74 Å². The first-order valence-electron chi connectivity index (χ1n) is 10.5. The van der Waals surface area contributed by atoms with Crippen molar-refractivity contribution in [2.75, 3.05) is 0 Å². The van der Waals surface area contributed by atoms with Crippen molar-refractivity contribution >= 4 is 5.78 Å². The van der Waals surface area contributed by atoms with Gasteiger partial charge in [-0.3, -0.25) is 4.79 Å². The summed E-state index contributed by atoms with van der Waals surface area (Å²) in [5, 5.41) is 0. The van der Waals surface area contributed by atoms with E-state index >= 15 is 0 Å². The number of fused-ring (bicyclic) bond motifs is 3. The highest BCUT2D eigenvalue weighted by Gasteiger charge is 2.61. The number of carbonyl (C=O) groups is 1. The molecule has 0 amide bonds. The number of allylic oxidation sites excluding steroid dienone is 1. The van der Waals surface area contributed by atoms with E-state index in [0.717, 1.165) is 18.8 Å². The largest absolute Gasteiger partial charge is 0.365 e. The molecule has 0 spiro atoms. The van der Waals surface area contributed by atoms with Crippen LogP contribution in [0, 0.1) is 22.7 Å². The van der Waals surface area contributed by atoms with Crippen LogP contribution in [-0.2, 0) is 9.53 Å². The maximum atomic E-state index is 11.7. The number of rotatable bonds is 3. The summed E-state index contributed by atoms with van der Waals surface area (Å²) in [5.41, 5.74) is 0.524. The van der Waals surface area contributed by atoms with Crippen LogP contribution in [0.5, 0.6) is 0 Å². The third-order valence-corrected chi connectivity index (χ3v) is 8.10. The number of hydrogen-bond donors (Lipinski definition) is 0. The lowest BCUT2D eigenvalue weighted by Gasteiger charge is -2.65. The van der Waals surface area contributed by atoms with Crippen molar-refractivity contribution < 1.29 is 9.53 Å². The molecule has 25 heavy (non-hydrogen) atoms. The topological polar surface area (TPSA) is 26.3 Å². The van der Waals surface area contributed by atoms with Crippen LogP contribution >= 0.6 is 0 Å². The average Bonchev–Trinajstić information content (AvgIpc) is 2.50. The summed E-state index contributed by atoms with van der Waals surface area (Å²) in [7, 11) is 0. The fraction of sp³-hybridized carbons (Fsp3) is 0.870. The van der Waals surface area contributed by atoms with Gasteiger partial charge in [0.05, 0.1) is 11.2 Å². The van der Waals surface area contributed by atoms with E-state index in [0.29, 0.717) is 23.2 Å². The van der Waals surface area contributed by atoms with E-state index < -0.39 is 0 Å². The molecular formula is C23H38O2. The van der Waals surface area contributed by atoms with Gasteiger partial charge in [0.1, 0.15) is 0 Å². The third-order valence-electron chi connectivity index (χ3n) is 8.10. The van der Waals surface area contributed by atoms with Gasteiger partial charge in [-0.1, -0.05) is 34.1 Å². The average molecular weight is 347 g/mol. The van der Waals surface area contributed by atoms with Gasteiger partial charge in [-0.05, 0) is 87.2 Å². The van der Waals surface area contributed by atoms with Crippen LogP contribution in [-0.4, -0.2) is 17.0 Å². The molecule has 1 aliphatic heterocycles. The molecule has 1 saturated heterocycles. The molecule has 3 rings (SSSR count). The molecule has 2 saturated carbocycles. The first-order valence-corrected chi connectivity index (χ1v) is 10.5. The van der Waals surface area contributed by atoms with Crippen LogP contribution in [0.25, 0.3) is 0 Å². The summed E-state index contributed by atoms with van der Waals surface area (Å²) < 4.78 is 6.80. The zero-order valence-electron chi connectivity index (χ0n) is 17.3. The lowest BCUT2D eigenvalue weighted by molar-refractivity contribution is -0.252. The minimum absolute atomic E-state index is 0.0503. The maximum Gasteiger partial charge on any atom is 0.155 e. The molecule has 1 heterocycles. The van der Waals surface area contributed by atoms with E-state index in [1.807, 2.05) is 13.0 Å². The fourth-order valence-electron chi connectivity index (χ4n) is 6.88. The fourth-order valence-corrected chi connectivity index (χ4v) is 6.88. The molecule has 0 N–H and O–H groups in total. The second-order valence-corrected chi connectivity index (χ2v) is 10.4. The van der Waals surface area contributed by atoms with Gasteiger partial charge < -0.3 is 4.74 Å². The van der Waals surface area contributed by atoms with Crippen LogP contribution in [0.4, 0.5) is 0 Å². The number of carbonyl (C=O) groups excluding carboxylic acids is 1. The predicted octanol–water partition coefficient (Wildman–Crippen LogP) is 6.09. The molecule has 3 aliphatic rings. The standard InChI is InChI=1S/C23H38O2/c1-7-17(24)9-14-21(4)15-10-19-22(5)13-8-12-20(2,3)18(22)11-16-23(19,6)25-21/h9,14,18-19H,7-8,10-13,15-16H2,1-6H3/b14-9+/t18-,19+,21-,22-,23+/m0/s1. The zero-order chi connectivity index (χ0) is 18.5. The Morgan fingerprint density at radius 1 is 1.00 bits per heavy atom. The molecule has 0 bridgehead atoms. The molecule has 2 aliphatic carbocycles. The Hall–Kier alpha value is -0.630. The van der Waals surface area contributed by atoms with Gasteiger partial charge in [-0.25, -0.2) is 0 Å². The monoisotopic (exact) mass is 346 g/mol. The minimum Gasteiger partial charge on any atom is -0.365 e. The van der Waals surface area contributed by atoms with E-state index in [2.05, 4.69) is 34.6 Å². The van der Waals surface area contributed by atoms with Crippen molar-refractivity contribution in [2.45, 2.75) is 104 Å². The summed E-state index contributed by atoms with van der Waals surface area (Å²) >= 11 is 0. The highest BCUT2D eigenvalue weighted by molar-refractivity contribution is 5.89. The van der Waals surface area contributed by atoms with Crippen LogP contribution in [0.2, 0.25) is 0 Å². The number of hydrogen-bond acceptors (Lipinski definition) is 2. The lowest BCUT2D eigenvalue weighted by Crippen LogP contribution is -2.62. The van der Waals surface area contributed by atoms with Gasteiger partial charge in [-0.15, -0.1) is 0 Å². The summed E-state index contributed by atoms with van der Waals surface area (Å²) in [6, 6.07) is 0. The Labute approximate surface area is 154 Å². The lowest BCUT2D eigenvalue weighted by atomic mass is 9.44.